The highest BCUT2D eigenvalue weighted by molar-refractivity contribution is 6.02. The first-order valence-electron chi connectivity index (χ1n) is 8.69. The largest absolute Gasteiger partial charge is 0.494 e. The number of aromatic nitrogens is 1. The van der Waals surface area contributed by atoms with Gasteiger partial charge in [0.1, 0.15) is 5.82 Å². The molecule has 3 N–H and O–H groups in total. The van der Waals surface area contributed by atoms with Gasteiger partial charge in [0.05, 0.1) is 23.0 Å². The van der Waals surface area contributed by atoms with Crippen molar-refractivity contribution in [3.63, 3.8) is 0 Å². The van der Waals surface area contributed by atoms with E-state index < -0.39 is 0 Å². The first kappa shape index (κ1) is 16.6. The number of para-hydroxylation sites is 1. The number of hydrogen-bond donors (Lipinski definition) is 3. The Balaban J connectivity index is 1.50. The highest BCUT2D eigenvalue weighted by atomic mass is 19.1. The van der Waals surface area contributed by atoms with E-state index in [9.17, 15) is 9.50 Å². The zero-order valence-electron chi connectivity index (χ0n) is 14.2. The van der Waals surface area contributed by atoms with E-state index in [4.69, 9.17) is 4.74 Å². The summed E-state index contributed by atoms with van der Waals surface area (Å²) in [6, 6.07) is 12.3. The van der Waals surface area contributed by atoms with Crippen LogP contribution in [0.2, 0.25) is 0 Å². The molecule has 1 fully saturated rings. The molecule has 4 rings (SSSR count). The van der Waals surface area contributed by atoms with Crippen LogP contribution < -0.4 is 5.32 Å². The quantitative estimate of drug-likeness (QED) is 0.597. The number of aromatic amines is 1. The molecule has 2 heterocycles. The minimum atomic E-state index is -0.360. The van der Waals surface area contributed by atoms with Crippen molar-refractivity contribution in [1.82, 2.24) is 4.98 Å². The van der Waals surface area contributed by atoms with Crippen LogP contribution in [0.1, 0.15) is 18.4 Å². The van der Waals surface area contributed by atoms with Crippen LogP contribution in [0.25, 0.3) is 10.9 Å². The predicted octanol–water partition coefficient (Wildman–Crippen LogP) is 4.35. The Labute approximate surface area is 150 Å². The molecule has 1 saturated heterocycles. The summed E-state index contributed by atoms with van der Waals surface area (Å²) in [7, 11) is 0. The van der Waals surface area contributed by atoms with Crippen LogP contribution in [0.3, 0.4) is 0 Å². The maximum Gasteiger partial charge on any atom is 0.198 e. The third-order valence-electron chi connectivity index (χ3n) is 4.56. The third-order valence-corrected chi connectivity index (χ3v) is 4.56. The molecule has 0 saturated carbocycles. The molecule has 1 unspecified atom stereocenters. The van der Waals surface area contributed by atoms with E-state index in [1.165, 1.54) is 6.07 Å². The molecule has 1 aliphatic rings. The van der Waals surface area contributed by atoms with Gasteiger partial charge in [-0.15, -0.1) is 0 Å². The molecule has 1 atom stereocenters. The lowest BCUT2D eigenvalue weighted by molar-refractivity contribution is 0.120. The summed E-state index contributed by atoms with van der Waals surface area (Å²) in [4.78, 5) is 7.20. The second-order valence-corrected chi connectivity index (χ2v) is 6.37. The van der Waals surface area contributed by atoms with Gasteiger partial charge in [-0.2, -0.15) is 0 Å². The number of rotatable bonds is 5. The summed E-state index contributed by atoms with van der Waals surface area (Å²) in [5.74, 6) is -0.314. The van der Waals surface area contributed by atoms with Gasteiger partial charge in [0.25, 0.3) is 0 Å². The second kappa shape index (κ2) is 7.17. The maximum absolute atomic E-state index is 14.3. The standard InChI is InChI=1S/C20H20FN3O2/c21-17-10-13(7-8-19(17)23-11-14-4-3-9-26-14)22-12-16-15-5-1-2-6-18(15)24-20(16)25/h1-2,5-8,10,12,14,23-25H,3-4,9,11H2. The van der Waals surface area contributed by atoms with Crippen LogP contribution in [-0.2, 0) is 4.74 Å². The van der Waals surface area contributed by atoms with Gasteiger partial charge in [0.2, 0.25) is 0 Å². The summed E-state index contributed by atoms with van der Waals surface area (Å²) in [6.07, 6.45) is 3.76. The van der Waals surface area contributed by atoms with E-state index in [2.05, 4.69) is 15.3 Å². The third kappa shape index (κ3) is 3.41. The van der Waals surface area contributed by atoms with E-state index in [1.54, 1.807) is 18.3 Å². The van der Waals surface area contributed by atoms with Gasteiger partial charge in [-0.25, -0.2) is 4.39 Å². The number of halogens is 1. The molecule has 1 aromatic heterocycles. The normalized spacial score (nSPS) is 17.3. The van der Waals surface area contributed by atoms with Gasteiger partial charge in [0.15, 0.2) is 5.88 Å². The number of ether oxygens (including phenoxy) is 1. The van der Waals surface area contributed by atoms with E-state index >= 15 is 0 Å². The number of aliphatic imine (C=N–C) groups is 1. The monoisotopic (exact) mass is 353 g/mol. The highest BCUT2D eigenvalue weighted by Gasteiger charge is 2.15. The van der Waals surface area contributed by atoms with Gasteiger partial charge in [-0.3, -0.25) is 4.99 Å². The Hall–Kier alpha value is -2.86. The van der Waals surface area contributed by atoms with Crippen LogP contribution in [0.15, 0.2) is 47.5 Å². The second-order valence-electron chi connectivity index (χ2n) is 6.37. The maximum atomic E-state index is 14.3. The number of fused-ring (bicyclic) bond motifs is 1. The topological polar surface area (TPSA) is 69.6 Å². The van der Waals surface area contributed by atoms with E-state index in [1.807, 2.05) is 24.3 Å². The molecule has 26 heavy (non-hydrogen) atoms. The van der Waals surface area contributed by atoms with Crippen molar-refractivity contribution in [2.45, 2.75) is 18.9 Å². The molecular weight excluding hydrogens is 333 g/mol. The molecule has 0 radical (unpaired) electrons. The molecule has 0 bridgehead atoms. The lowest BCUT2D eigenvalue weighted by atomic mass is 10.2. The van der Waals surface area contributed by atoms with Crippen molar-refractivity contribution in [1.29, 1.82) is 0 Å². The lowest BCUT2D eigenvalue weighted by Gasteiger charge is -2.12. The molecule has 0 spiro atoms. The average molecular weight is 353 g/mol. The van der Waals surface area contributed by atoms with Gasteiger partial charge in [-0.1, -0.05) is 18.2 Å². The Morgan fingerprint density at radius 2 is 2.19 bits per heavy atom. The van der Waals surface area contributed by atoms with E-state index in [-0.39, 0.29) is 17.8 Å². The van der Waals surface area contributed by atoms with Crippen molar-refractivity contribution in [3.05, 3.63) is 53.8 Å². The van der Waals surface area contributed by atoms with Gasteiger partial charge >= 0.3 is 0 Å². The van der Waals surface area contributed by atoms with Crippen LogP contribution in [0.4, 0.5) is 15.8 Å². The van der Waals surface area contributed by atoms with Crippen LogP contribution in [0, 0.1) is 5.82 Å². The first-order chi connectivity index (χ1) is 12.7. The predicted molar refractivity (Wildman–Crippen MR) is 101 cm³/mol. The molecule has 3 aromatic rings. The summed E-state index contributed by atoms with van der Waals surface area (Å²) in [6.45, 7) is 1.38. The molecule has 5 nitrogen and oxygen atoms in total. The number of benzene rings is 2. The number of hydrogen-bond acceptors (Lipinski definition) is 4. The zero-order chi connectivity index (χ0) is 17.9. The van der Waals surface area contributed by atoms with Crippen LogP contribution >= 0.6 is 0 Å². The Morgan fingerprint density at radius 1 is 1.31 bits per heavy atom. The van der Waals surface area contributed by atoms with Gasteiger partial charge < -0.3 is 20.1 Å². The fraction of sp³-hybridized carbons (Fsp3) is 0.250. The summed E-state index contributed by atoms with van der Waals surface area (Å²) >= 11 is 0. The zero-order valence-corrected chi connectivity index (χ0v) is 14.2. The van der Waals surface area contributed by atoms with Gasteiger partial charge in [0, 0.05) is 36.3 Å². The lowest BCUT2D eigenvalue weighted by Crippen LogP contribution is -2.18. The van der Waals surface area contributed by atoms with Crippen molar-refractivity contribution in [3.8, 4) is 5.88 Å². The molecule has 6 heteroatoms. The Bertz CT molecular complexity index is 945. The van der Waals surface area contributed by atoms with E-state index in [0.29, 0.717) is 23.5 Å². The summed E-state index contributed by atoms with van der Waals surface area (Å²) < 4.78 is 19.8. The van der Waals surface area contributed by atoms with E-state index in [0.717, 1.165) is 30.4 Å². The minimum Gasteiger partial charge on any atom is -0.494 e. The van der Waals surface area contributed by atoms with Crippen molar-refractivity contribution in [2.24, 2.45) is 4.99 Å². The van der Waals surface area contributed by atoms with Crippen LogP contribution in [-0.4, -0.2) is 35.6 Å². The number of nitrogens with one attached hydrogen (secondary N) is 2. The van der Waals surface area contributed by atoms with Crippen molar-refractivity contribution in [2.75, 3.05) is 18.5 Å². The fourth-order valence-corrected chi connectivity index (χ4v) is 3.18. The molecular formula is C20H20FN3O2. The Morgan fingerprint density at radius 3 is 3.00 bits per heavy atom. The molecule has 134 valence electrons. The highest BCUT2D eigenvalue weighted by Crippen LogP contribution is 2.27. The molecule has 0 amide bonds. The summed E-state index contributed by atoms with van der Waals surface area (Å²) in [5, 5.41) is 14.0. The van der Waals surface area contributed by atoms with Crippen LogP contribution in [0.5, 0.6) is 5.88 Å². The molecule has 1 aliphatic heterocycles. The first-order valence-corrected chi connectivity index (χ1v) is 8.69. The van der Waals surface area contributed by atoms with Crippen molar-refractivity contribution >= 4 is 28.5 Å². The molecule has 2 aromatic carbocycles. The Kier molecular flexibility index (Phi) is 4.58. The number of H-pyrrole nitrogens is 1. The fourth-order valence-electron chi connectivity index (χ4n) is 3.18. The van der Waals surface area contributed by atoms with Crippen molar-refractivity contribution < 1.29 is 14.2 Å². The number of nitrogens with zero attached hydrogens (tertiary/aromatic N) is 1. The average Bonchev–Trinajstić information content (AvgIpc) is 3.26. The summed E-state index contributed by atoms with van der Waals surface area (Å²) in [5.41, 5.74) is 2.33. The molecule has 0 aliphatic carbocycles. The number of aromatic hydroxyl groups is 1. The van der Waals surface area contributed by atoms with Gasteiger partial charge in [-0.05, 0) is 31.0 Å². The smallest absolute Gasteiger partial charge is 0.198 e. The minimum absolute atomic E-state index is 0.0465. The number of anilines is 1. The SMILES string of the molecule is Oc1[nH]c2ccccc2c1C=Nc1ccc(NCC2CCCO2)c(F)c1.